The summed E-state index contributed by atoms with van der Waals surface area (Å²) in [6.07, 6.45) is 4.16. The standard InChI is InChI=1S/C36H48N6O6S/c1-5-27(4)34(42-20-19-40(36(42)45)24-30-15-17-37-18-16-30)35(44)39-32(21-28-9-7-6-8-10-28)33(43)25-41(23-26(2)3)49(47,48)31-13-11-29(12-14-31)22-38-46/h6-18,22,26-27,32-34,43,46H,5,19-21,23-25H2,1-4H3,(H,39,44)/t27-,32-,33-,34-/m0/s1. The average molecular weight is 693 g/mol. The minimum absolute atomic E-state index is 0.0276. The lowest BCUT2D eigenvalue weighted by molar-refractivity contribution is -0.128. The van der Waals surface area contributed by atoms with Gasteiger partial charge in [-0.25, -0.2) is 13.2 Å². The quantitative estimate of drug-likeness (QED) is 0.110. The van der Waals surface area contributed by atoms with Gasteiger partial charge in [-0.3, -0.25) is 9.78 Å². The molecule has 0 unspecified atom stereocenters. The first kappa shape index (κ1) is 37.5. The van der Waals surface area contributed by atoms with Gasteiger partial charge in [-0.1, -0.05) is 81.7 Å². The first-order chi connectivity index (χ1) is 23.4. The Hall–Kier alpha value is -4.33. The summed E-state index contributed by atoms with van der Waals surface area (Å²) in [5.41, 5.74) is 2.32. The van der Waals surface area contributed by atoms with Crippen LogP contribution in [0.3, 0.4) is 0 Å². The van der Waals surface area contributed by atoms with Crippen LogP contribution in [0.15, 0.2) is 89.2 Å². The Kier molecular flexibility index (Phi) is 13.3. The first-order valence-electron chi connectivity index (χ1n) is 16.7. The number of hydrogen-bond donors (Lipinski definition) is 3. The molecule has 0 bridgehead atoms. The van der Waals surface area contributed by atoms with Crippen molar-refractivity contribution >= 4 is 28.2 Å². The van der Waals surface area contributed by atoms with Crippen LogP contribution in [0.1, 0.15) is 50.8 Å². The molecule has 13 heteroatoms. The maximum absolute atomic E-state index is 14.2. The summed E-state index contributed by atoms with van der Waals surface area (Å²) in [5.74, 6) is -0.639. The van der Waals surface area contributed by atoms with Crippen LogP contribution in [0.5, 0.6) is 0 Å². The summed E-state index contributed by atoms with van der Waals surface area (Å²) in [7, 11) is -4.05. The summed E-state index contributed by atoms with van der Waals surface area (Å²) >= 11 is 0. The van der Waals surface area contributed by atoms with Crippen molar-refractivity contribution in [1.29, 1.82) is 0 Å². The highest BCUT2D eigenvalue weighted by Gasteiger charge is 2.41. The Balaban J connectivity index is 1.59. The molecule has 1 aliphatic rings. The van der Waals surface area contributed by atoms with E-state index < -0.39 is 34.1 Å². The number of aliphatic hydroxyl groups excluding tert-OH is 1. The van der Waals surface area contributed by atoms with E-state index in [0.29, 0.717) is 31.6 Å². The molecule has 1 aliphatic heterocycles. The van der Waals surface area contributed by atoms with Gasteiger partial charge in [0, 0.05) is 45.1 Å². The van der Waals surface area contributed by atoms with Crippen LogP contribution >= 0.6 is 0 Å². The summed E-state index contributed by atoms with van der Waals surface area (Å²) in [6.45, 7) is 8.79. The fraction of sp³-hybridized carbons (Fsp3) is 0.444. The zero-order valence-corrected chi connectivity index (χ0v) is 29.4. The topological polar surface area (TPSA) is 156 Å². The van der Waals surface area contributed by atoms with Crippen molar-refractivity contribution in [1.82, 2.24) is 24.4 Å². The van der Waals surface area contributed by atoms with E-state index in [4.69, 9.17) is 5.21 Å². The molecule has 3 amide bonds. The summed E-state index contributed by atoms with van der Waals surface area (Å²) in [5, 5.41) is 26.6. The molecular formula is C36H48N6O6S. The van der Waals surface area contributed by atoms with E-state index in [9.17, 15) is 23.1 Å². The molecular weight excluding hydrogens is 644 g/mol. The molecule has 4 atom stereocenters. The summed E-state index contributed by atoms with van der Waals surface area (Å²) in [6, 6.07) is 17.1. The van der Waals surface area contributed by atoms with E-state index in [0.717, 1.165) is 11.1 Å². The number of nitrogens with one attached hydrogen (secondary N) is 1. The Labute approximate surface area is 289 Å². The number of benzene rings is 2. The zero-order chi connectivity index (χ0) is 35.6. The first-order valence-corrected chi connectivity index (χ1v) is 18.1. The van der Waals surface area contributed by atoms with Gasteiger partial charge in [0.05, 0.1) is 23.3 Å². The number of aliphatic hydroxyl groups is 1. The third kappa shape index (κ3) is 9.87. The molecule has 2 heterocycles. The second kappa shape index (κ2) is 17.4. The monoisotopic (exact) mass is 692 g/mol. The fourth-order valence-corrected chi connectivity index (χ4v) is 7.64. The number of carbonyl (C=O) groups is 2. The third-order valence-electron chi connectivity index (χ3n) is 8.81. The van der Waals surface area contributed by atoms with Crippen molar-refractivity contribution in [2.45, 2.75) is 70.2 Å². The van der Waals surface area contributed by atoms with Crippen molar-refractivity contribution in [2.75, 3.05) is 26.2 Å². The largest absolute Gasteiger partial charge is 0.411 e. The number of pyridine rings is 1. The van der Waals surface area contributed by atoms with Crippen LogP contribution in [0, 0.1) is 11.8 Å². The van der Waals surface area contributed by atoms with Gasteiger partial charge in [0.15, 0.2) is 0 Å². The number of oxime groups is 1. The molecule has 12 nitrogen and oxygen atoms in total. The van der Waals surface area contributed by atoms with Crippen molar-refractivity contribution in [3.63, 3.8) is 0 Å². The van der Waals surface area contributed by atoms with E-state index >= 15 is 0 Å². The van der Waals surface area contributed by atoms with Crippen LogP contribution in [0.2, 0.25) is 0 Å². The average Bonchev–Trinajstić information content (AvgIpc) is 3.43. The second-order valence-electron chi connectivity index (χ2n) is 13.0. The van der Waals surface area contributed by atoms with Gasteiger partial charge in [0.2, 0.25) is 15.9 Å². The number of sulfonamides is 1. The lowest BCUT2D eigenvalue weighted by Crippen LogP contribution is -2.57. The number of hydrogen-bond acceptors (Lipinski definition) is 8. The van der Waals surface area contributed by atoms with Crippen LogP contribution in [0.4, 0.5) is 4.79 Å². The van der Waals surface area contributed by atoms with Gasteiger partial charge in [-0.15, -0.1) is 0 Å². The van der Waals surface area contributed by atoms with Crippen LogP contribution in [0.25, 0.3) is 0 Å². The molecule has 3 aromatic rings. The smallest absolute Gasteiger partial charge is 0.321 e. The highest BCUT2D eigenvalue weighted by molar-refractivity contribution is 7.89. The van der Waals surface area contributed by atoms with Crippen molar-refractivity contribution in [3.8, 4) is 0 Å². The molecule has 264 valence electrons. The van der Waals surface area contributed by atoms with Crippen molar-refractivity contribution in [3.05, 3.63) is 95.8 Å². The molecule has 0 radical (unpaired) electrons. The second-order valence-corrected chi connectivity index (χ2v) is 14.9. The number of amides is 3. The Morgan fingerprint density at radius 1 is 1.00 bits per heavy atom. The van der Waals surface area contributed by atoms with E-state index in [2.05, 4.69) is 15.5 Å². The SMILES string of the molecule is CC[C@H](C)[C@@H](C(=O)N[C@@H](Cc1ccccc1)[C@@H](O)CN(CC(C)C)S(=O)(=O)c1ccc(C=NO)cc1)N1CCN(Cc2ccncc2)C1=O. The maximum atomic E-state index is 14.2. The van der Waals surface area contributed by atoms with Gasteiger partial charge in [0.1, 0.15) is 6.04 Å². The number of carbonyl (C=O) groups excluding carboxylic acids is 2. The molecule has 0 saturated carbocycles. The van der Waals surface area contributed by atoms with Gasteiger partial charge >= 0.3 is 6.03 Å². The summed E-state index contributed by atoms with van der Waals surface area (Å²) in [4.78, 5) is 35.3. The fourth-order valence-electron chi connectivity index (χ4n) is 6.02. The Morgan fingerprint density at radius 3 is 2.29 bits per heavy atom. The predicted octanol–water partition coefficient (Wildman–Crippen LogP) is 3.98. The lowest BCUT2D eigenvalue weighted by Gasteiger charge is -2.35. The van der Waals surface area contributed by atoms with Crippen molar-refractivity contribution in [2.24, 2.45) is 17.0 Å². The molecule has 1 fully saturated rings. The summed E-state index contributed by atoms with van der Waals surface area (Å²) < 4.78 is 29.0. The van der Waals surface area contributed by atoms with E-state index in [1.165, 1.54) is 34.8 Å². The molecule has 1 saturated heterocycles. The molecule has 49 heavy (non-hydrogen) atoms. The minimum atomic E-state index is -4.05. The third-order valence-corrected chi connectivity index (χ3v) is 10.7. The highest BCUT2D eigenvalue weighted by atomic mass is 32.2. The number of urea groups is 1. The molecule has 0 aliphatic carbocycles. The van der Waals surface area contributed by atoms with Crippen molar-refractivity contribution < 1.29 is 28.3 Å². The highest BCUT2D eigenvalue weighted by Crippen LogP contribution is 2.24. The normalized spacial score (nSPS) is 16.3. The van der Waals surface area contributed by atoms with Gasteiger partial charge in [-0.05, 0) is 59.2 Å². The molecule has 1 aromatic heterocycles. The molecule has 0 spiro atoms. The Morgan fingerprint density at radius 2 is 1.67 bits per heavy atom. The predicted molar refractivity (Wildman–Crippen MR) is 187 cm³/mol. The number of nitrogens with zero attached hydrogens (tertiary/aromatic N) is 5. The van der Waals surface area contributed by atoms with Crippen LogP contribution in [-0.4, -0.2) is 100 Å². The van der Waals surface area contributed by atoms with Crippen LogP contribution in [-0.2, 0) is 27.8 Å². The molecule has 2 aromatic carbocycles. The van der Waals surface area contributed by atoms with Gasteiger partial charge in [-0.2, -0.15) is 4.31 Å². The lowest BCUT2D eigenvalue weighted by atomic mass is 9.95. The van der Waals surface area contributed by atoms with E-state index in [1.807, 2.05) is 70.2 Å². The Bertz CT molecular complexity index is 1640. The van der Waals surface area contributed by atoms with Gasteiger partial charge < -0.3 is 25.4 Å². The van der Waals surface area contributed by atoms with Gasteiger partial charge in [0.25, 0.3) is 0 Å². The minimum Gasteiger partial charge on any atom is -0.411 e. The van der Waals surface area contributed by atoms with E-state index in [1.54, 1.807) is 22.2 Å². The maximum Gasteiger partial charge on any atom is 0.321 e. The number of aromatic nitrogens is 1. The van der Waals surface area contributed by atoms with Crippen LogP contribution < -0.4 is 5.32 Å². The van der Waals surface area contributed by atoms with E-state index in [-0.39, 0.29) is 42.3 Å². The number of rotatable bonds is 17. The molecule has 4 rings (SSSR count). The zero-order valence-electron chi connectivity index (χ0n) is 28.6. The molecule has 3 N–H and O–H groups in total.